The van der Waals surface area contributed by atoms with E-state index in [1.807, 2.05) is 6.07 Å². The highest BCUT2D eigenvalue weighted by molar-refractivity contribution is 5.87. The van der Waals surface area contributed by atoms with E-state index in [4.69, 9.17) is 4.74 Å². The molecule has 0 amide bonds. The van der Waals surface area contributed by atoms with Crippen molar-refractivity contribution < 1.29 is 4.74 Å². The van der Waals surface area contributed by atoms with Crippen molar-refractivity contribution in [2.24, 2.45) is 5.92 Å². The average Bonchev–Trinajstić information content (AvgIpc) is 2.54. The molecule has 0 spiro atoms. The average molecular weight is 266 g/mol. The number of ether oxygens (including phenoxy) is 1. The van der Waals surface area contributed by atoms with Gasteiger partial charge in [0.25, 0.3) is 0 Å². The Morgan fingerprint density at radius 3 is 2.60 bits per heavy atom. The summed E-state index contributed by atoms with van der Waals surface area (Å²) in [5.41, 5.74) is 2.91. The molecule has 0 fully saturated rings. The molecule has 3 rings (SSSR count). The van der Waals surface area contributed by atoms with Gasteiger partial charge in [-0.1, -0.05) is 37.6 Å². The Morgan fingerprint density at radius 2 is 1.90 bits per heavy atom. The molecular weight excluding hydrogens is 244 g/mol. The summed E-state index contributed by atoms with van der Waals surface area (Å²) in [5.74, 6) is 1.82. The van der Waals surface area contributed by atoms with Gasteiger partial charge in [-0.2, -0.15) is 0 Å². The first-order valence-corrected chi connectivity index (χ1v) is 7.57. The van der Waals surface area contributed by atoms with Crippen molar-refractivity contribution in [3.05, 3.63) is 48.0 Å². The minimum absolute atomic E-state index is 0.892. The third-order valence-corrected chi connectivity index (χ3v) is 4.52. The highest BCUT2D eigenvalue weighted by Crippen LogP contribution is 2.33. The van der Waals surface area contributed by atoms with Crippen molar-refractivity contribution in [1.29, 1.82) is 0 Å². The van der Waals surface area contributed by atoms with E-state index in [9.17, 15) is 0 Å². The Labute approximate surface area is 121 Å². The molecule has 0 heterocycles. The van der Waals surface area contributed by atoms with Gasteiger partial charge in [0, 0.05) is 0 Å². The van der Waals surface area contributed by atoms with E-state index in [2.05, 4.69) is 43.3 Å². The van der Waals surface area contributed by atoms with Gasteiger partial charge in [-0.25, -0.2) is 0 Å². The Morgan fingerprint density at radius 1 is 1.10 bits per heavy atom. The lowest BCUT2D eigenvalue weighted by Gasteiger charge is -2.21. The maximum atomic E-state index is 5.28. The second-order valence-corrected chi connectivity index (χ2v) is 5.71. The summed E-state index contributed by atoms with van der Waals surface area (Å²) in [7, 11) is 1.71. The molecule has 0 N–H and O–H groups in total. The maximum Gasteiger partial charge on any atom is 0.119 e. The summed E-state index contributed by atoms with van der Waals surface area (Å²) < 4.78 is 5.28. The summed E-state index contributed by atoms with van der Waals surface area (Å²) in [6.45, 7) is 2.30. The zero-order chi connectivity index (χ0) is 13.9. The highest BCUT2D eigenvalue weighted by atomic mass is 16.5. The predicted octanol–water partition coefficient (Wildman–Crippen LogP) is 5.44. The molecule has 0 saturated carbocycles. The van der Waals surface area contributed by atoms with Gasteiger partial charge in [-0.3, -0.25) is 0 Å². The molecule has 0 radical (unpaired) electrons. The van der Waals surface area contributed by atoms with Gasteiger partial charge in [0.05, 0.1) is 7.11 Å². The summed E-state index contributed by atoms with van der Waals surface area (Å²) in [5, 5.41) is 2.54. The Kier molecular flexibility index (Phi) is 3.77. The van der Waals surface area contributed by atoms with Crippen molar-refractivity contribution in [3.8, 4) is 5.75 Å². The van der Waals surface area contributed by atoms with E-state index in [1.165, 1.54) is 47.6 Å². The zero-order valence-corrected chi connectivity index (χ0v) is 12.4. The first-order valence-electron chi connectivity index (χ1n) is 7.57. The largest absolute Gasteiger partial charge is 0.497 e. The lowest BCUT2D eigenvalue weighted by atomic mass is 9.85. The number of hydrogen-bond acceptors (Lipinski definition) is 1. The smallest absolute Gasteiger partial charge is 0.119 e. The Bertz CT molecular complexity index is 639. The fraction of sp³-hybridized carbons (Fsp3) is 0.368. The van der Waals surface area contributed by atoms with Crippen molar-refractivity contribution >= 4 is 16.3 Å². The van der Waals surface area contributed by atoms with E-state index >= 15 is 0 Å². The molecule has 1 heteroatoms. The third-order valence-electron chi connectivity index (χ3n) is 4.52. The molecule has 20 heavy (non-hydrogen) atoms. The minimum atomic E-state index is 0.892. The molecule has 0 aliphatic heterocycles. The van der Waals surface area contributed by atoms with Crippen LogP contribution in [-0.2, 0) is 0 Å². The van der Waals surface area contributed by atoms with Gasteiger partial charge >= 0.3 is 0 Å². The molecule has 2 aromatic rings. The lowest BCUT2D eigenvalue weighted by Crippen LogP contribution is -2.03. The van der Waals surface area contributed by atoms with Crippen LogP contribution in [0.5, 0.6) is 5.75 Å². The van der Waals surface area contributed by atoms with Gasteiger partial charge < -0.3 is 4.74 Å². The molecule has 0 aromatic heterocycles. The number of rotatable bonds is 3. The van der Waals surface area contributed by atoms with E-state index in [-0.39, 0.29) is 0 Å². The second-order valence-electron chi connectivity index (χ2n) is 5.71. The molecule has 1 unspecified atom stereocenters. The van der Waals surface area contributed by atoms with Crippen molar-refractivity contribution in [1.82, 2.24) is 0 Å². The highest BCUT2D eigenvalue weighted by Gasteiger charge is 2.13. The van der Waals surface area contributed by atoms with Gasteiger partial charge in [0.2, 0.25) is 0 Å². The van der Waals surface area contributed by atoms with Crippen LogP contribution in [-0.4, -0.2) is 7.11 Å². The molecule has 1 atom stereocenters. The van der Waals surface area contributed by atoms with Crippen molar-refractivity contribution in [2.45, 2.75) is 32.6 Å². The van der Waals surface area contributed by atoms with Crippen LogP contribution in [0, 0.1) is 5.92 Å². The van der Waals surface area contributed by atoms with Gasteiger partial charge in [-0.15, -0.1) is 0 Å². The van der Waals surface area contributed by atoms with Crippen LogP contribution in [0.2, 0.25) is 0 Å². The molecule has 1 aliphatic rings. The van der Waals surface area contributed by atoms with Crippen LogP contribution < -0.4 is 4.74 Å². The fourth-order valence-corrected chi connectivity index (χ4v) is 3.07. The fourth-order valence-electron chi connectivity index (χ4n) is 3.07. The Balaban J connectivity index is 1.91. The molecule has 2 aromatic carbocycles. The summed E-state index contributed by atoms with van der Waals surface area (Å²) >= 11 is 0. The van der Waals surface area contributed by atoms with Crippen LogP contribution in [0.15, 0.2) is 42.5 Å². The number of benzene rings is 2. The second kappa shape index (κ2) is 5.70. The van der Waals surface area contributed by atoms with Crippen LogP contribution in [0.25, 0.3) is 16.3 Å². The molecular formula is C19H22O. The lowest BCUT2D eigenvalue weighted by molar-refractivity contribution is 0.415. The monoisotopic (exact) mass is 266 g/mol. The molecule has 1 aliphatic carbocycles. The number of allylic oxidation sites excluding steroid dienone is 2. The number of methoxy groups -OCH3 is 1. The molecule has 1 nitrogen and oxygen atoms in total. The topological polar surface area (TPSA) is 9.23 Å². The van der Waals surface area contributed by atoms with Crippen LogP contribution in [0.3, 0.4) is 0 Å². The van der Waals surface area contributed by atoms with E-state index in [1.54, 1.807) is 7.11 Å². The molecule has 104 valence electrons. The Hall–Kier alpha value is -1.76. The minimum Gasteiger partial charge on any atom is -0.497 e. The summed E-state index contributed by atoms with van der Waals surface area (Å²) in [6.07, 6.45) is 7.55. The van der Waals surface area contributed by atoms with Crippen LogP contribution >= 0.6 is 0 Å². The quantitative estimate of drug-likeness (QED) is 0.718. The van der Waals surface area contributed by atoms with E-state index in [0.717, 1.165) is 11.7 Å². The standard InChI is InChI=1S/C19H22O/c1-3-14-4-6-15(7-5-14)16-8-9-18-13-19(20-2)11-10-17(18)12-16/h6,8-14H,3-5,7H2,1-2H3. The SMILES string of the molecule is CCC1CC=C(c2ccc3cc(OC)ccc3c2)CC1. The zero-order valence-electron chi connectivity index (χ0n) is 12.4. The van der Waals surface area contributed by atoms with Gasteiger partial charge in [0.15, 0.2) is 0 Å². The van der Waals surface area contributed by atoms with Gasteiger partial charge in [-0.05, 0) is 65.3 Å². The third kappa shape index (κ3) is 2.58. The van der Waals surface area contributed by atoms with Crippen molar-refractivity contribution in [2.75, 3.05) is 7.11 Å². The molecule has 0 bridgehead atoms. The van der Waals surface area contributed by atoms with Crippen LogP contribution in [0.1, 0.15) is 38.2 Å². The normalized spacial score (nSPS) is 18.9. The summed E-state index contributed by atoms with van der Waals surface area (Å²) in [6, 6.07) is 13.1. The van der Waals surface area contributed by atoms with E-state index in [0.29, 0.717) is 0 Å². The first-order chi connectivity index (χ1) is 9.80. The maximum absolute atomic E-state index is 5.28. The van der Waals surface area contributed by atoms with Gasteiger partial charge in [0.1, 0.15) is 5.75 Å². The van der Waals surface area contributed by atoms with Crippen LogP contribution in [0.4, 0.5) is 0 Å². The number of fused-ring (bicyclic) bond motifs is 1. The first kappa shape index (κ1) is 13.2. The predicted molar refractivity (Wildman–Crippen MR) is 86.1 cm³/mol. The summed E-state index contributed by atoms with van der Waals surface area (Å²) in [4.78, 5) is 0. The van der Waals surface area contributed by atoms with E-state index < -0.39 is 0 Å². The molecule has 0 saturated heterocycles. The number of hydrogen-bond donors (Lipinski definition) is 0. The van der Waals surface area contributed by atoms with Crippen molar-refractivity contribution in [3.63, 3.8) is 0 Å².